The molecule has 82 valence electrons. The minimum absolute atomic E-state index is 0.268. The summed E-state index contributed by atoms with van der Waals surface area (Å²) in [7, 11) is 1.48. The van der Waals surface area contributed by atoms with Crippen molar-refractivity contribution in [2.75, 3.05) is 7.11 Å². The van der Waals surface area contributed by atoms with Crippen LogP contribution in [0.5, 0.6) is 5.75 Å². The number of methoxy groups -OCH3 is 1. The Balaban J connectivity index is 2.76. The molecule has 0 aromatic carbocycles. The molecule has 2 aromatic heterocycles. The van der Waals surface area contributed by atoms with Gasteiger partial charge in [-0.05, 0) is 12.1 Å². The fraction of sp³-hybridized carbons (Fsp3) is 0.100. The summed E-state index contributed by atoms with van der Waals surface area (Å²) >= 11 is 0. The van der Waals surface area contributed by atoms with Crippen LogP contribution in [0.4, 0.5) is 0 Å². The van der Waals surface area contributed by atoms with Crippen molar-refractivity contribution in [3.05, 3.63) is 40.4 Å². The van der Waals surface area contributed by atoms with E-state index in [0.717, 1.165) is 6.07 Å². The van der Waals surface area contributed by atoms with Crippen LogP contribution in [0.25, 0.3) is 5.65 Å². The van der Waals surface area contributed by atoms with Crippen LogP contribution in [-0.2, 0) is 0 Å². The topological polar surface area (TPSA) is 80.9 Å². The molecule has 0 saturated heterocycles. The fourth-order valence-corrected chi connectivity index (χ4v) is 1.31. The van der Waals surface area contributed by atoms with Gasteiger partial charge in [-0.3, -0.25) is 9.20 Å². The molecule has 0 radical (unpaired) electrons. The second kappa shape index (κ2) is 3.65. The smallest absolute Gasteiger partial charge is 0.354 e. The van der Waals surface area contributed by atoms with Crippen molar-refractivity contribution in [3.63, 3.8) is 0 Å². The molecule has 6 nitrogen and oxygen atoms in total. The number of aromatic nitrogens is 2. The van der Waals surface area contributed by atoms with Crippen LogP contribution < -0.4 is 10.3 Å². The Bertz CT molecular complexity index is 618. The molecule has 0 unspecified atom stereocenters. The number of aromatic carboxylic acids is 1. The van der Waals surface area contributed by atoms with Gasteiger partial charge in [-0.1, -0.05) is 0 Å². The fourth-order valence-electron chi connectivity index (χ4n) is 1.31. The summed E-state index contributed by atoms with van der Waals surface area (Å²) in [5.74, 6) is -0.727. The molecular weight excluding hydrogens is 212 g/mol. The molecular formula is C10H8N2O4. The Hall–Kier alpha value is -2.37. The number of pyridine rings is 1. The van der Waals surface area contributed by atoms with Gasteiger partial charge in [0.1, 0.15) is 11.4 Å². The number of carbonyl (C=O) groups is 1. The number of carboxylic acid groups (broad SMARTS) is 1. The zero-order valence-corrected chi connectivity index (χ0v) is 8.38. The number of rotatable bonds is 2. The van der Waals surface area contributed by atoms with Gasteiger partial charge in [0.2, 0.25) is 0 Å². The molecule has 0 aliphatic rings. The van der Waals surface area contributed by atoms with Gasteiger partial charge >= 0.3 is 5.97 Å². The molecule has 0 fully saturated rings. The van der Waals surface area contributed by atoms with Crippen LogP contribution in [0.15, 0.2) is 29.2 Å². The average Bonchev–Trinajstić information content (AvgIpc) is 2.28. The van der Waals surface area contributed by atoms with Gasteiger partial charge in [0, 0.05) is 6.07 Å². The second-order valence-electron chi connectivity index (χ2n) is 3.08. The van der Waals surface area contributed by atoms with Crippen LogP contribution in [0, 0.1) is 0 Å². The highest BCUT2D eigenvalue weighted by Gasteiger charge is 2.08. The summed E-state index contributed by atoms with van der Waals surface area (Å²) < 4.78 is 6.18. The summed E-state index contributed by atoms with van der Waals surface area (Å²) in [5, 5.41) is 8.73. The molecule has 0 spiro atoms. The second-order valence-corrected chi connectivity index (χ2v) is 3.08. The summed E-state index contributed by atoms with van der Waals surface area (Å²) in [6.07, 6.45) is 1.45. The molecule has 0 amide bonds. The molecule has 6 heteroatoms. The van der Waals surface area contributed by atoms with Crippen molar-refractivity contribution < 1.29 is 14.6 Å². The number of fused-ring (bicyclic) bond motifs is 1. The predicted molar refractivity (Wildman–Crippen MR) is 55.0 cm³/mol. The monoisotopic (exact) mass is 220 g/mol. The number of ether oxygens (including phenoxy) is 1. The van der Waals surface area contributed by atoms with Gasteiger partial charge in [-0.25, -0.2) is 9.78 Å². The maximum Gasteiger partial charge on any atom is 0.354 e. The van der Waals surface area contributed by atoms with Crippen LogP contribution in [0.3, 0.4) is 0 Å². The third-order valence-corrected chi connectivity index (χ3v) is 2.09. The number of hydrogen-bond acceptors (Lipinski definition) is 4. The minimum atomic E-state index is -1.23. The van der Waals surface area contributed by atoms with E-state index < -0.39 is 11.5 Å². The largest absolute Gasteiger partial charge is 0.495 e. The molecule has 2 rings (SSSR count). The van der Waals surface area contributed by atoms with Gasteiger partial charge in [-0.2, -0.15) is 0 Å². The molecule has 16 heavy (non-hydrogen) atoms. The van der Waals surface area contributed by atoms with E-state index in [2.05, 4.69) is 4.98 Å². The highest BCUT2D eigenvalue weighted by atomic mass is 16.5. The Kier molecular flexibility index (Phi) is 2.32. The Morgan fingerprint density at radius 1 is 1.50 bits per heavy atom. The lowest BCUT2D eigenvalue weighted by molar-refractivity contribution is 0.0690. The zero-order valence-electron chi connectivity index (χ0n) is 8.38. The van der Waals surface area contributed by atoms with Crippen molar-refractivity contribution in [3.8, 4) is 5.75 Å². The normalized spacial score (nSPS) is 10.3. The Labute approximate surface area is 89.7 Å². The minimum Gasteiger partial charge on any atom is -0.495 e. The van der Waals surface area contributed by atoms with Gasteiger partial charge in [0.05, 0.1) is 13.3 Å². The third kappa shape index (κ3) is 1.60. The van der Waals surface area contributed by atoms with Crippen molar-refractivity contribution in [2.45, 2.75) is 0 Å². The van der Waals surface area contributed by atoms with Crippen LogP contribution >= 0.6 is 0 Å². The molecule has 0 atom stereocenters. The number of carboxylic acids is 1. The van der Waals surface area contributed by atoms with E-state index in [9.17, 15) is 9.59 Å². The van der Waals surface area contributed by atoms with E-state index in [1.807, 2.05) is 0 Å². The maximum atomic E-state index is 11.6. The van der Waals surface area contributed by atoms with Crippen molar-refractivity contribution in [2.24, 2.45) is 0 Å². The van der Waals surface area contributed by atoms with Gasteiger partial charge in [-0.15, -0.1) is 0 Å². The van der Waals surface area contributed by atoms with Gasteiger partial charge in [0.25, 0.3) is 5.56 Å². The first-order valence-electron chi connectivity index (χ1n) is 4.42. The molecule has 0 saturated carbocycles. The molecule has 0 aliphatic heterocycles. The Morgan fingerprint density at radius 2 is 2.25 bits per heavy atom. The van der Waals surface area contributed by atoms with Crippen molar-refractivity contribution in [1.29, 1.82) is 0 Å². The Morgan fingerprint density at radius 3 is 2.88 bits per heavy atom. The average molecular weight is 220 g/mol. The first-order valence-corrected chi connectivity index (χ1v) is 4.42. The zero-order chi connectivity index (χ0) is 11.7. The first kappa shape index (κ1) is 10.2. The van der Waals surface area contributed by atoms with Crippen molar-refractivity contribution in [1.82, 2.24) is 9.38 Å². The standard InChI is InChI=1S/C10H8N2O4/c1-16-6-2-3-8-11-7(10(14)15)4-9(13)12(8)5-6/h2-5H,1H3,(H,14,15). The summed E-state index contributed by atoms with van der Waals surface area (Å²) in [4.78, 5) is 26.1. The lowest BCUT2D eigenvalue weighted by Crippen LogP contribution is -2.17. The predicted octanol–water partition coefficient (Wildman–Crippen LogP) is 0.401. The molecule has 1 N–H and O–H groups in total. The summed E-state index contributed by atoms with van der Waals surface area (Å²) in [5.41, 5.74) is -0.456. The van der Waals surface area contributed by atoms with E-state index >= 15 is 0 Å². The lowest BCUT2D eigenvalue weighted by Gasteiger charge is -2.03. The van der Waals surface area contributed by atoms with E-state index in [1.165, 1.54) is 23.8 Å². The highest BCUT2D eigenvalue weighted by Crippen LogP contribution is 2.09. The van der Waals surface area contributed by atoms with E-state index in [0.29, 0.717) is 5.75 Å². The van der Waals surface area contributed by atoms with Crippen molar-refractivity contribution >= 4 is 11.6 Å². The first-order chi connectivity index (χ1) is 7.61. The molecule has 0 aliphatic carbocycles. The molecule has 2 aromatic rings. The lowest BCUT2D eigenvalue weighted by atomic mass is 10.3. The third-order valence-electron chi connectivity index (χ3n) is 2.09. The molecule has 2 heterocycles. The number of hydrogen-bond donors (Lipinski definition) is 1. The van der Waals surface area contributed by atoms with E-state index in [4.69, 9.17) is 9.84 Å². The summed E-state index contributed by atoms with van der Waals surface area (Å²) in [6, 6.07) is 4.09. The SMILES string of the molecule is COc1ccc2nc(C(=O)O)cc(=O)n2c1. The maximum absolute atomic E-state index is 11.6. The van der Waals surface area contributed by atoms with E-state index in [1.54, 1.807) is 6.07 Å². The van der Waals surface area contributed by atoms with Crippen LogP contribution in [0.1, 0.15) is 10.5 Å². The quantitative estimate of drug-likeness (QED) is 0.792. The summed E-state index contributed by atoms with van der Waals surface area (Å²) in [6.45, 7) is 0. The number of nitrogens with zero attached hydrogens (tertiary/aromatic N) is 2. The molecule has 0 bridgehead atoms. The highest BCUT2D eigenvalue weighted by molar-refractivity contribution is 5.85. The van der Waals surface area contributed by atoms with Gasteiger partial charge in [0.15, 0.2) is 5.69 Å². The van der Waals surface area contributed by atoms with Gasteiger partial charge < -0.3 is 9.84 Å². The van der Waals surface area contributed by atoms with Crippen LogP contribution in [0.2, 0.25) is 0 Å². The van der Waals surface area contributed by atoms with Crippen LogP contribution in [-0.4, -0.2) is 27.6 Å². The van der Waals surface area contributed by atoms with E-state index in [-0.39, 0.29) is 11.3 Å².